The minimum atomic E-state index is -0.0587. The van der Waals surface area contributed by atoms with Crippen LogP contribution >= 0.6 is 23.2 Å². The summed E-state index contributed by atoms with van der Waals surface area (Å²) in [6, 6.07) is 8.11. The van der Waals surface area contributed by atoms with E-state index in [4.69, 9.17) is 34.9 Å². The highest BCUT2D eigenvalue weighted by molar-refractivity contribution is 6.32. The second-order valence-electron chi connectivity index (χ2n) is 8.03. The second-order valence-corrected chi connectivity index (χ2v) is 8.88. The molecule has 1 aromatic rings. The van der Waals surface area contributed by atoms with Crippen LogP contribution in [0.25, 0.3) is 5.70 Å². The van der Waals surface area contributed by atoms with Crippen LogP contribution in [0.4, 0.5) is 5.69 Å². The quantitative estimate of drug-likeness (QED) is 0.0766. The fourth-order valence-electron chi connectivity index (χ4n) is 3.82. The van der Waals surface area contributed by atoms with Gasteiger partial charge in [-0.1, -0.05) is 54.1 Å². The zero-order valence-electron chi connectivity index (χ0n) is 20.4. The van der Waals surface area contributed by atoms with Gasteiger partial charge in [-0.3, -0.25) is 5.01 Å². The normalized spacial score (nSPS) is 18.6. The predicted molar refractivity (Wildman–Crippen MR) is 152 cm³/mol. The third-order valence-electron chi connectivity index (χ3n) is 5.74. The summed E-state index contributed by atoms with van der Waals surface area (Å²) >= 11 is 13.2. The van der Waals surface area contributed by atoms with E-state index in [1.807, 2.05) is 67.6 Å². The molecule has 1 aliphatic heterocycles. The first kappa shape index (κ1) is 27.0. The van der Waals surface area contributed by atoms with Crippen molar-refractivity contribution in [3.63, 3.8) is 0 Å². The Morgan fingerprint density at radius 3 is 2.75 bits per heavy atom. The Hall–Kier alpha value is -3.59. The monoisotopic (exact) mass is 526 g/mol. The molecule has 36 heavy (non-hydrogen) atoms. The minimum absolute atomic E-state index is 0.0587. The van der Waals surface area contributed by atoms with Gasteiger partial charge in [0, 0.05) is 55.0 Å². The van der Waals surface area contributed by atoms with E-state index in [9.17, 15) is 0 Å². The summed E-state index contributed by atoms with van der Waals surface area (Å²) in [5.41, 5.74) is 5.35. The molecular formula is C26H32Cl2N8. The van der Waals surface area contributed by atoms with Crippen molar-refractivity contribution >= 4 is 40.9 Å². The molecule has 1 aliphatic carbocycles. The number of anilines is 1. The van der Waals surface area contributed by atoms with Gasteiger partial charge in [-0.05, 0) is 42.1 Å². The molecular weight excluding hydrogens is 495 g/mol. The number of rotatable bonds is 10. The van der Waals surface area contributed by atoms with Gasteiger partial charge in [0.1, 0.15) is 17.7 Å². The molecule has 0 amide bonds. The van der Waals surface area contributed by atoms with Crippen molar-refractivity contribution in [3.05, 3.63) is 106 Å². The fourth-order valence-corrected chi connectivity index (χ4v) is 4.30. The lowest BCUT2D eigenvalue weighted by Gasteiger charge is -2.22. The summed E-state index contributed by atoms with van der Waals surface area (Å²) < 4.78 is 0. The lowest BCUT2D eigenvalue weighted by Crippen LogP contribution is -2.33. The minimum Gasteiger partial charge on any atom is -0.388 e. The number of halogens is 2. The summed E-state index contributed by atoms with van der Waals surface area (Å²) in [6.45, 7) is 3.70. The summed E-state index contributed by atoms with van der Waals surface area (Å²) in [5.74, 6) is 11.6. The molecule has 0 saturated heterocycles. The topological polar surface area (TPSA) is 107 Å². The molecule has 7 N–H and O–H groups in total. The molecule has 0 bridgehead atoms. The summed E-state index contributed by atoms with van der Waals surface area (Å²) in [7, 11) is 3.86. The summed E-state index contributed by atoms with van der Waals surface area (Å²) in [4.78, 5) is 2.02. The number of allylic oxidation sites excluding steroid dienone is 7. The number of hydrazone groups is 1. The lowest BCUT2D eigenvalue weighted by atomic mass is 10.0. The van der Waals surface area contributed by atoms with Gasteiger partial charge in [-0.25, -0.2) is 5.84 Å². The van der Waals surface area contributed by atoms with Crippen LogP contribution < -0.4 is 27.6 Å². The van der Waals surface area contributed by atoms with E-state index in [2.05, 4.69) is 33.7 Å². The number of nitrogens with two attached hydrogens (primary N) is 2. The standard InChI is InChI=1S/C26H32Cl2N8/c1-4-32-15-14-18(22-16-20(27)6-5-7-23(22)36(30)17-33-29)10-13-24-34-25(26(28)35(24)3)19-8-11-21(31-2)12-9-19/h4-5,7-12,14-17,24,31-32,34H,1,6,13,29-30H2,2-3H3/b15-14-,18-10+,33-17-. The third kappa shape index (κ3) is 6.54. The van der Waals surface area contributed by atoms with E-state index >= 15 is 0 Å². The van der Waals surface area contributed by atoms with Crippen LogP contribution in [-0.2, 0) is 0 Å². The molecule has 0 aromatic heterocycles. The number of nitrogens with zero attached hydrogens (tertiary/aromatic N) is 3. The fraction of sp³-hybridized carbons (Fsp3) is 0.192. The van der Waals surface area contributed by atoms with Gasteiger partial charge in [0.15, 0.2) is 0 Å². The van der Waals surface area contributed by atoms with Crippen LogP contribution in [0.5, 0.6) is 0 Å². The Morgan fingerprint density at radius 2 is 2.08 bits per heavy atom. The Balaban J connectivity index is 1.94. The predicted octanol–water partition coefficient (Wildman–Crippen LogP) is 4.43. The molecule has 0 radical (unpaired) electrons. The molecule has 1 heterocycles. The summed E-state index contributed by atoms with van der Waals surface area (Å²) in [5, 5.41) is 15.9. The summed E-state index contributed by atoms with van der Waals surface area (Å²) in [6.07, 6.45) is 15.7. The maximum atomic E-state index is 6.71. The smallest absolute Gasteiger partial charge is 0.130 e. The largest absolute Gasteiger partial charge is 0.388 e. The van der Waals surface area contributed by atoms with Crippen molar-refractivity contribution in [1.29, 1.82) is 0 Å². The van der Waals surface area contributed by atoms with Gasteiger partial charge in [-0.2, -0.15) is 5.10 Å². The number of hydrazine groups is 1. The van der Waals surface area contributed by atoms with E-state index in [0.717, 1.165) is 28.1 Å². The first-order valence-corrected chi connectivity index (χ1v) is 12.1. The first-order valence-electron chi connectivity index (χ1n) is 11.3. The van der Waals surface area contributed by atoms with Gasteiger partial charge < -0.3 is 26.7 Å². The average molecular weight is 528 g/mol. The highest BCUT2D eigenvalue weighted by atomic mass is 35.5. The number of nitrogens with one attached hydrogen (secondary N) is 3. The van der Waals surface area contributed by atoms with E-state index in [0.29, 0.717) is 28.7 Å². The molecule has 8 nitrogen and oxygen atoms in total. The molecule has 190 valence electrons. The van der Waals surface area contributed by atoms with Crippen LogP contribution in [0.1, 0.15) is 18.4 Å². The average Bonchev–Trinajstić information content (AvgIpc) is 3.03. The Bertz CT molecular complexity index is 1160. The maximum Gasteiger partial charge on any atom is 0.130 e. The molecule has 1 aromatic carbocycles. The van der Waals surface area contributed by atoms with E-state index < -0.39 is 0 Å². The molecule has 0 spiro atoms. The van der Waals surface area contributed by atoms with Gasteiger partial charge in [0.05, 0.1) is 11.4 Å². The first-order chi connectivity index (χ1) is 17.4. The number of hydrogen-bond donors (Lipinski definition) is 5. The highest BCUT2D eigenvalue weighted by Gasteiger charge is 2.27. The zero-order valence-corrected chi connectivity index (χ0v) is 21.9. The SMILES string of the molecule is C=CN/C=C\C(=C/CC1NC(c2ccc(NC)cc2)=C(Cl)N1C)C1=C(N(N)/C=N\N)C=CCC(Cl)=C1. The van der Waals surface area contributed by atoms with Crippen LogP contribution in [0.3, 0.4) is 0 Å². The van der Waals surface area contributed by atoms with E-state index in [1.54, 1.807) is 12.4 Å². The van der Waals surface area contributed by atoms with Gasteiger partial charge in [0.2, 0.25) is 0 Å². The van der Waals surface area contributed by atoms with Crippen molar-refractivity contribution in [2.24, 2.45) is 16.8 Å². The van der Waals surface area contributed by atoms with Crippen LogP contribution in [-0.4, -0.2) is 36.5 Å². The van der Waals surface area contributed by atoms with Crippen molar-refractivity contribution < 1.29 is 0 Å². The van der Waals surface area contributed by atoms with Crippen molar-refractivity contribution in [2.45, 2.75) is 19.0 Å². The number of hydrogen-bond acceptors (Lipinski definition) is 7. The van der Waals surface area contributed by atoms with Crippen LogP contribution in [0.15, 0.2) is 106 Å². The van der Waals surface area contributed by atoms with Crippen molar-refractivity contribution in [3.8, 4) is 0 Å². The highest BCUT2D eigenvalue weighted by Crippen LogP contribution is 2.32. The van der Waals surface area contributed by atoms with Crippen LogP contribution in [0, 0.1) is 0 Å². The van der Waals surface area contributed by atoms with E-state index in [-0.39, 0.29) is 6.17 Å². The molecule has 1 atom stereocenters. The maximum absolute atomic E-state index is 6.71. The molecule has 0 fully saturated rings. The molecule has 0 saturated carbocycles. The number of benzene rings is 1. The van der Waals surface area contributed by atoms with E-state index in [1.165, 1.54) is 11.3 Å². The Morgan fingerprint density at radius 1 is 1.33 bits per heavy atom. The molecule has 10 heteroatoms. The van der Waals surface area contributed by atoms with Gasteiger partial charge >= 0.3 is 0 Å². The Kier molecular flexibility index (Phi) is 9.69. The second kappa shape index (κ2) is 12.9. The van der Waals surface area contributed by atoms with Crippen molar-refractivity contribution in [1.82, 2.24) is 20.5 Å². The zero-order chi connectivity index (χ0) is 26.1. The van der Waals surface area contributed by atoms with Crippen LogP contribution in [0.2, 0.25) is 0 Å². The Labute approximate surface area is 222 Å². The lowest BCUT2D eigenvalue weighted by molar-refractivity contribution is 0.327. The molecule has 1 unspecified atom stereocenters. The van der Waals surface area contributed by atoms with Crippen molar-refractivity contribution in [2.75, 3.05) is 19.4 Å². The molecule has 3 rings (SSSR count). The molecule has 2 aliphatic rings. The van der Waals surface area contributed by atoms with Gasteiger partial charge in [0.25, 0.3) is 0 Å². The van der Waals surface area contributed by atoms with Gasteiger partial charge in [-0.15, -0.1) is 0 Å². The third-order valence-corrected chi connectivity index (χ3v) is 6.46.